The van der Waals surface area contributed by atoms with Gasteiger partial charge < -0.3 is 5.32 Å². The van der Waals surface area contributed by atoms with Crippen LogP contribution in [0, 0.1) is 5.82 Å². The van der Waals surface area contributed by atoms with Crippen molar-refractivity contribution in [2.75, 3.05) is 6.54 Å². The predicted molar refractivity (Wildman–Crippen MR) is 83.8 cm³/mol. The summed E-state index contributed by atoms with van der Waals surface area (Å²) in [5.74, 6) is -0.924. The third-order valence-electron chi connectivity index (χ3n) is 3.08. The number of thiophene rings is 1. The summed E-state index contributed by atoms with van der Waals surface area (Å²) in [6.07, 6.45) is 0. The van der Waals surface area contributed by atoms with E-state index >= 15 is 0 Å². The van der Waals surface area contributed by atoms with Gasteiger partial charge in [0.2, 0.25) is 0 Å². The van der Waals surface area contributed by atoms with Crippen molar-refractivity contribution >= 4 is 33.2 Å². The molecule has 1 N–H and O–H groups in total. The summed E-state index contributed by atoms with van der Waals surface area (Å²) in [4.78, 5) is 13.3. The highest BCUT2D eigenvalue weighted by Gasteiger charge is 2.23. The second-order valence-corrected chi connectivity index (χ2v) is 6.95. The van der Waals surface area contributed by atoms with Crippen LogP contribution in [0.2, 0.25) is 0 Å². The van der Waals surface area contributed by atoms with E-state index in [1.54, 1.807) is 23.5 Å². The summed E-state index contributed by atoms with van der Waals surface area (Å²) in [6, 6.07) is 8.72. The first-order chi connectivity index (χ1) is 9.42. The SMILES string of the molecule is CC(C)(CNC(=O)c1cccc(Br)c1F)c1cccs1. The number of hydrogen-bond acceptors (Lipinski definition) is 2. The Morgan fingerprint density at radius 2 is 2.10 bits per heavy atom. The summed E-state index contributed by atoms with van der Waals surface area (Å²) in [6.45, 7) is 4.56. The Bertz CT molecular complexity index is 610. The Hall–Kier alpha value is -1.20. The zero-order valence-corrected chi connectivity index (χ0v) is 13.6. The molecule has 0 aliphatic heterocycles. The van der Waals surface area contributed by atoms with Crippen LogP contribution < -0.4 is 5.32 Å². The molecule has 2 nitrogen and oxygen atoms in total. The second kappa shape index (κ2) is 6.06. The molecule has 1 amide bonds. The van der Waals surface area contributed by atoms with E-state index in [0.29, 0.717) is 11.0 Å². The van der Waals surface area contributed by atoms with Crippen molar-refractivity contribution < 1.29 is 9.18 Å². The molecule has 0 atom stereocenters. The van der Waals surface area contributed by atoms with Gasteiger partial charge in [0.05, 0.1) is 10.0 Å². The van der Waals surface area contributed by atoms with Crippen LogP contribution in [0.3, 0.4) is 0 Å². The quantitative estimate of drug-likeness (QED) is 0.867. The van der Waals surface area contributed by atoms with Gasteiger partial charge in [-0.15, -0.1) is 11.3 Å². The average molecular weight is 356 g/mol. The van der Waals surface area contributed by atoms with Crippen molar-refractivity contribution in [2.24, 2.45) is 0 Å². The molecule has 1 aromatic heterocycles. The Morgan fingerprint density at radius 3 is 2.75 bits per heavy atom. The number of halogens is 2. The number of carbonyl (C=O) groups excluding carboxylic acids is 1. The van der Waals surface area contributed by atoms with Gasteiger partial charge >= 0.3 is 0 Å². The molecule has 1 aromatic carbocycles. The lowest BCUT2D eigenvalue weighted by atomic mass is 9.91. The highest BCUT2D eigenvalue weighted by molar-refractivity contribution is 9.10. The molecule has 0 unspecified atom stereocenters. The minimum atomic E-state index is -0.529. The van der Waals surface area contributed by atoms with Crippen LogP contribution in [0.15, 0.2) is 40.2 Å². The molecule has 20 heavy (non-hydrogen) atoms. The highest BCUT2D eigenvalue weighted by Crippen LogP contribution is 2.27. The minimum Gasteiger partial charge on any atom is -0.351 e. The Labute approximate surface area is 130 Å². The molecule has 2 aromatic rings. The van der Waals surface area contributed by atoms with Gasteiger partial charge in [-0.05, 0) is 39.5 Å². The van der Waals surface area contributed by atoms with E-state index in [9.17, 15) is 9.18 Å². The summed E-state index contributed by atoms with van der Waals surface area (Å²) >= 11 is 4.73. The van der Waals surface area contributed by atoms with Crippen molar-refractivity contribution in [1.29, 1.82) is 0 Å². The third-order valence-corrected chi connectivity index (χ3v) is 4.92. The maximum Gasteiger partial charge on any atom is 0.254 e. The fraction of sp³-hybridized carbons (Fsp3) is 0.267. The molecule has 0 saturated heterocycles. The van der Waals surface area contributed by atoms with Crippen molar-refractivity contribution in [2.45, 2.75) is 19.3 Å². The fourth-order valence-corrected chi connectivity index (χ4v) is 3.04. The molecule has 0 fully saturated rings. The summed E-state index contributed by atoms with van der Waals surface area (Å²) in [5, 5.41) is 4.81. The molecule has 0 spiro atoms. The lowest BCUT2D eigenvalue weighted by Gasteiger charge is -2.23. The van der Waals surface area contributed by atoms with Crippen LogP contribution in [0.5, 0.6) is 0 Å². The number of nitrogens with one attached hydrogen (secondary N) is 1. The van der Waals surface area contributed by atoms with E-state index in [4.69, 9.17) is 0 Å². The molecule has 0 aliphatic carbocycles. The van der Waals surface area contributed by atoms with Gasteiger partial charge in [-0.2, -0.15) is 0 Å². The van der Waals surface area contributed by atoms with Gasteiger partial charge in [0, 0.05) is 16.8 Å². The summed E-state index contributed by atoms with van der Waals surface area (Å²) in [7, 11) is 0. The lowest BCUT2D eigenvalue weighted by Crippen LogP contribution is -2.36. The van der Waals surface area contributed by atoms with Crippen LogP contribution in [-0.2, 0) is 5.41 Å². The number of rotatable bonds is 4. The van der Waals surface area contributed by atoms with Crippen LogP contribution in [0.4, 0.5) is 4.39 Å². The maximum atomic E-state index is 13.8. The zero-order valence-electron chi connectivity index (χ0n) is 11.2. The largest absolute Gasteiger partial charge is 0.351 e. The van der Waals surface area contributed by atoms with Crippen LogP contribution in [-0.4, -0.2) is 12.5 Å². The van der Waals surface area contributed by atoms with E-state index < -0.39 is 11.7 Å². The van der Waals surface area contributed by atoms with Gasteiger partial charge in [0.15, 0.2) is 0 Å². The fourth-order valence-electron chi connectivity index (χ4n) is 1.83. The monoisotopic (exact) mass is 355 g/mol. The van der Waals surface area contributed by atoms with Gasteiger partial charge in [-0.25, -0.2) is 4.39 Å². The molecule has 0 bridgehead atoms. The molecular formula is C15H15BrFNOS. The summed E-state index contributed by atoms with van der Waals surface area (Å²) in [5.41, 5.74) is -0.117. The zero-order chi connectivity index (χ0) is 14.8. The van der Waals surface area contributed by atoms with E-state index in [2.05, 4.69) is 35.1 Å². The first-order valence-electron chi connectivity index (χ1n) is 6.18. The Kier molecular flexibility index (Phi) is 4.60. The highest BCUT2D eigenvalue weighted by atomic mass is 79.9. The minimum absolute atomic E-state index is 0.0568. The topological polar surface area (TPSA) is 29.1 Å². The van der Waals surface area contributed by atoms with Crippen molar-refractivity contribution in [1.82, 2.24) is 5.32 Å². The Balaban J connectivity index is 2.08. The number of amides is 1. The standard InChI is InChI=1S/C15H15BrFNOS/c1-15(2,12-7-4-8-20-12)9-18-14(19)10-5-3-6-11(16)13(10)17/h3-8H,9H2,1-2H3,(H,18,19). The first kappa shape index (κ1) is 15.2. The first-order valence-corrected chi connectivity index (χ1v) is 7.85. The molecule has 2 rings (SSSR count). The smallest absolute Gasteiger partial charge is 0.254 e. The molecule has 0 radical (unpaired) electrons. The van der Waals surface area contributed by atoms with E-state index in [-0.39, 0.29) is 11.0 Å². The maximum absolute atomic E-state index is 13.8. The van der Waals surface area contributed by atoms with E-state index in [1.165, 1.54) is 10.9 Å². The molecule has 106 valence electrons. The van der Waals surface area contributed by atoms with Crippen molar-refractivity contribution in [3.05, 3.63) is 56.4 Å². The molecule has 0 aliphatic rings. The van der Waals surface area contributed by atoms with Crippen LogP contribution in [0.1, 0.15) is 29.1 Å². The second-order valence-electron chi connectivity index (χ2n) is 5.15. The van der Waals surface area contributed by atoms with Crippen LogP contribution in [0.25, 0.3) is 0 Å². The van der Waals surface area contributed by atoms with Gasteiger partial charge in [-0.1, -0.05) is 26.0 Å². The molecule has 5 heteroatoms. The lowest BCUT2D eigenvalue weighted by molar-refractivity contribution is 0.0941. The molecular weight excluding hydrogens is 341 g/mol. The van der Waals surface area contributed by atoms with Gasteiger partial charge in [-0.3, -0.25) is 4.79 Å². The number of carbonyl (C=O) groups is 1. The van der Waals surface area contributed by atoms with E-state index in [0.717, 1.165) is 0 Å². The average Bonchev–Trinajstić information content (AvgIpc) is 2.94. The normalized spacial score (nSPS) is 11.4. The number of benzene rings is 1. The van der Waals surface area contributed by atoms with Crippen LogP contribution >= 0.6 is 27.3 Å². The molecule has 1 heterocycles. The predicted octanol–water partition coefficient (Wildman–Crippen LogP) is 4.36. The molecule has 0 saturated carbocycles. The van der Waals surface area contributed by atoms with E-state index in [1.807, 2.05) is 17.5 Å². The van der Waals surface area contributed by atoms with Gasteiger partial charge in [0.1, 0.15) is 5.82 Å². The van der Waals surface area contributed by atoms with Gasteiger partial charge in [0.25, 0.3) is 5.91 Å². The number of hydrogen-bond donors (Lipinski definition) is 1. The van der Waals surface area contributed by atoms with Crippen molar-refractivity contribution in [3.63, 3.8) is 0 Å². The van der Waals surface area contributed by atoms with Crippen molar-refractivity contribution in [3.8, 4) is 0 Å². The Morgan fingerprint density at radius 1 is 1.35 bits per heavy atom. The summed E-state index contributed by atoms with van der Waals surface area (Å²) < 4.78 is 14.1. The third kappa shape index (κ3) is 3.27.